The van der Waals surface area contributed by atoms with Crippen molar-refractivity contribution >= 4 is 5.97 Å². The summed E-state index contributed by atoms with van der Waals surface area (Å²) in [6.45, 7) is 0. The topological polar surface area (TPSA) is 44.1 Å². The summed E-state index contributed by atoms with van der Waals surface area (Å²) in [4.78, 5) is 12.1. The van der Waals surface area contributed by atoms with Gasteiger partial charge in [0.2, 0.25) is 5.88 Å². The number of aromatic nitrogens is 2. The van der Waals surface area contributed by atoms with Gasteiger partial charge in [-0.25, -0.2) is 9.48 Å². The van der Waals surface area contributed by atoms with E-state index in [2.05, 4.69) is 5.10 Å². The summed E-state index contributed by atoms with van der Waals surface area (Å²) in [5, 5.41) is 4.21. The van der Waals surface area contributed by atoms with E-state index in [1.54, 1.807) is 13.1 Å². The van der Waals surface area contributed by atoms with Crippen LogP contribution in [0.3, 0.4) is 0 Å². The van der Waals surface area contributed by atoms with Gasteiger partial charge in [-0.2, -0.15) is 18.3 Å². The van der Waals surface area contributed by atoms with E-state index < -0.39 is 23.3 Å². The Bertz CT molecular complexity index is 718. The zero-order valence-corrected chi connectivity index (χ0v) is 11.7. The number of hydrogen-bond acceptors (Lipinski definition) is 3. The van der Waals surface area contributed by atoms with Crippen molar-refractivity contribution in [2.75, 3.05) is 0 Å². The summed E-state index contributed by atoms with van der Waals surface area (Å²) in [5.41, 5.74) is -0.719. The van der Waals surface area contributed by atoms with E-state index in [1.165, 1.54) is 16.8 Å². The number of aryl methyl sites for hydroxylation is 1. The average Bonchev–Trinajstić information content (AvgIpc) is 3.24. The van der Waals surface area contributed by atoms with Crippen LogP contribution in [0.15, 0.2) is 30.3 Å². The van der Waals surface area contributed by atoms with Crippen LogP contribution >= 0.6 is 0 Å². The number of hydrogen-bond donors (Lipinski definition) is 0. The molecule has 22 heavy (non-hydrogen) atoms. The van der Waals surface area contributed by atoms with Crippen LogP contribution in [0.25, 0.3) is 0 Å². The molecule has 116 valence electrons. The number of alkyl halides is 3. The normalized spacial score (nSPS) is 14.9. The average molecular weight is 310 g/mol. The highest BCUT2D eigenvalue weighted by Crippen LogP contribution is 2.40. The molecule has 3 rings (SSSR count). The lowest BCUT2D eigenvalue weighted by molar-refractivity contribution is -0.138. The quantitative estimate of drug-likeness (QED) is 0.815. The first-order chi connectivity index (χ1) is 10.4. The monoisotopic (exact) mass is 310 g/mol. The Morgan fingerprint density at radius 1 is 1.32 bits per heavy atom. The van der Waals surface area contributed by atoms with Crippen LogP contribution in [0.2, 0.25) is 0 Å². The fourth-order valence-corrected chi connectivity index (χ4v) is 2.20. The fraction of sp³-hybridized carbons (Fsp3) is 0.333. The lowest BCUT2D eigenvalue weighted by Crippen LogP contribution is -2.17. The number of carbonyl (C=O) groups is 1. The third-order valence-corrected chi connectivity index (χ3v) is 3.50. The molecule has 1 fully saturated rings. The van der Waals surface area contributed by atoms with Crippen LogP contribution in [0.4, 0.5) is 13.2 Å². The second-order valence-corrected chi connectivity index (χ2v) is 5.24. The van der Waals surface area contributed by atoms with Crippen LogP contribution in [-0.4, -0.2) is 15.7 Å². The largest absolute Gasteiger partial charge is 0.417 e. The summed E-state index contributed by atoms with van der Waals surface area (Å²) in [5.74, 6) is -0.539. The maximum absolute atomic E-state index is 12.9. The third-order valence-electron chi connectivity index (χ3n) is 3.50. The number of carbonyl (C=O) groups excluding carboxylic acids is 1. The zero-order valence-electron chi connectivity index (χ0n) is 11.7. The summed E-state index contributed by atoms with van der Waals surface area (Å²) in [6, 6.07) is 6.16. The molecule has 0 radical (unpaired) electrons. The van der Waals surface area contributed by atoms with Crippen molar-refractivity contribution in [1.29, 1.82) is 0 Å². The Kier molecular flexibility index (Phi) is 3.42. The molecule has 0 saturated heterocycles. The highest BCUT2D eigenvalue weighted by atomic mass is 19.4. The zero-order chi connectivity index (χ0) is 15.9. The second-order valence-electron chi connectivity index (χ2n) is 5.24. The smallest absolute Gasteiger partial charge is 0.404 e. The van der Waals surface area contributed by atoms with Gasteiger partial charge in [0.1, 0.15) is 0 Å². The molecule has 0 amide bonds. The van der Waals surface area contributed by atoms with Crippen molar-refractivity contribution in [3.63, 3.8) is 0 Å². The number of halogens is 3. The second kappa shape index (κ2) is 5.15. The number of nitrogens with zero attached hydrogens (tertiary/aromatic N) is 2. The highest BCUT2D eigenvalue weighted by molar-refractivity contribution is 5.92. The van der Waals surface area contributed by atoms with Crippen LogP contribution < -0.4 is 4.74 Å². The summed E-state index contributed by atoms with van der Waals surface area (Å²) in [6.07, 6.45) is -2.55. The molecular formula is C15H13F3N2O2. The molecule has 7 heteroatoms. The number of benzene rings is 1. The van der Waals surface area contributed by atoms with Crippen molar-refractivity contribution in [3.05, 3.63) is 47.2 Å². The van der Waals surface area contributed by atoms with Crippen LogP contribution in [0.5, 0.6) is 5.88 Å². The molecule has 1 heterocycles. The van der Waals surface area contributed by atoms with E-state index in [1.807, 2.05) is 0 Å². The number of ether oxygens (including phenoxy) is 1. The first-order valence-electron chi connectivity index (χ1n) is 6.78. The van der Waals surface area contributed by atoms with Crippen molar-refractivity contribution < 1.29 is 22.7 Å². The molecular weight excluding hydrogens is 297 g/mol. The van der Waals surface area contributed by atoms with Gasteiger partial charge in [0.05, 0.1) is 16.8 Å². The molecule has 1 aliphatic carbocycles. The third kappa shape index (κ3) is 2.84. The van der Waals surface area contributed by atoms with Crippen molar-refractivity contribution in [2.45, 2.75) is 24.9 Å². The van der Waals surface area contributed by atoms with Crippen LogP contribution in [-0.2, 0) is 13.2 Å². The van der Waals surface area contributed by atoms with Crippen LogP contribution in [0.1, 0.15) is 40.4 Å². The van der Waals surface area contributed by atoms with Gasteiger partial charge in [-0.3, -0.25) is 0 Å². The molecule has 0 spiro atoms. The molecule has 1 aromatic heterocycles. The van der Waals surface area contributed by atoms with Gasteiger partial charge in [-0.05, 0) is 25.0 Å². The standard InChI is InChI=1S/C15H13F3N2O2/c1-20-13(8-12(19-20)9-6-7-9)22-14(21)10-4-2-3-5-11(10)15(16,17)18/h2-5,8-9H,6-7H2,1H3. The van der Waals surface area contributed by atoms with Gasteiger partial charge < -0.3 is 4.74 Å². The summed E-state index contributed by atoms with van der Waals surface area (Å²) in [7, 11) is 1.59. The molecule has 1 aromatic carbocycles. The van der Waals surface area contributed by atoms with E-state index >= 15 is 0 Å². The molecule has 2 aromatic rings. The van der Waals surface area contributed by atoms with E-state index in [4.69, 9.17) is 4.74 Å². The number of rotatable bonds is 3. The SMILES string of the molecule is Cn1nc(C2CC2)cc1OC(=O)c1ccccc1C(F)(F)F. The predicted molar refractivity (Wildman–Crippen MR) is 71.6 cm³/mol. The molecule has 0 aliphatic heterocycles. The Hall–Kier alpha value is -2.31. The lowest BCUT2D eigenvalue weighted by Gasteiger charge is -2.11. The van der Waals surface area contributed by atoms with Gasteiger partial charge in [0.15, 0.2) is 0 Å². The number of esters is 1. The van der Waals surface area contributed by atoms with Gasteiger partial charge in [-0.15, -0.1) is 0 Å². The molecule has 1 aliphatic rings. The van der Waals surface area contributed by atoms with Gasteiger partial charge in [0, 0.05) is 19.0 Å². The Balaban J connectivity index is 1.86. The van der Waals surface area contributed by atoms with Gasteiger partial charge in [0.25, 0.3) is 0 Å². The Morgan fingerprint density at radius 3 is 2.64 bits per heavy atom. The first-order valence-corrected chi connectivity index (χ1v) is 6.78. The van der Waals surface area contributed by atoms with Gasteiger partial charge >= 0.3 is 12.1 Å². The molecule has 1 saturated carbocycles. The van der Waals surface area contributed by atoms with E-state index in [-0.39, 0.29) is 5.88 Å². The molecule has 4 nitrogen and oxygen atoms in total. The summed E-state index contributed by atoms with van der Waals surface area (Å²) >= 11 is 0. The van der Waals surface area contributed by atoms with Crippen LogP contribution in [0, 0.1) is 0 Å². The molecule has 0 atom stereocenters. The summed E-state index contributed by atoms with van der Waals surface area (Å²) < 4.78 is 45.2. The van der Waals surface area contributed by atoms with Crippen molar-refractivity contribution in [2.24, 2.45) is 7.05 Å². The van der Waals surface area contributed by atoms with Gasteiger partial charge in [-0.1, -0.05) is 12.1 Å². The lowest BCUT2D eigenvalue weighted by atomic mass is 10.1. The van der Waals surface area contributed by atoms with E-state index in [9.17, 15) is 18.0 Å². The Labute approximate surface area is 124 Å². The molecule has 0 unspecified atom stereocenters. The fourth-order valence-electron chi connectivity index (χ4n) is 2.20. The minimum absolute atomic E-state index is 0.142. The van der Waals surface area contributed by atoms with E-state index in [0.717, 1.165) is 30.7 Å². The maximum Gasteiger partial charge on any atom is 0.417 e. The van der Waals surface area contributed by atoms with Crippen molar-refractivity contribution in [3.8, 4) is 5.88 Å². The Morgan fingerprint density at radius 2 is 2.00 bits per heavy atom. The molecule has 0 bridgehead atoms. The molecule has 0 N–H and O–H groups in total. The maximum atomic E-state index is 12.9. The minimum atomic E-state index is -4.61. The minimum Gasteiger partial charge on any atom is -0.404 e. The van der Waals surface area contributed by atoms with E-state index in [0.29, 0.717) is 5.92 Å². The predicted octanol–water partition coefficient (Wildman–Crippen LogP) is 3.54. The first kappa shape index (κ1) is 14.6. The highest BCUT2D eigenvalue weighted by Gasteiger charge is 2.35. The van der Waals surface area contributed by atoms with Crippen molar-refractivity contribution in [1.82, 2.24) is 9.78 Å².